The van der Waals surface area contributed by atoms with Gasteiger partial charge in [0, 0.05) is 29.3 Å². The molecule has 0 saturated heterocycles. The van der Waals surface area contributed by atoms with Gasteiger partial charge in [0.05, 0.1) is 37.6 Å². The minimum Gasteiger partial charge on any atom is -0.497 e. The van der Waals surface area contributed by atoms with Crippen LogP contribution >= 0.6 is 11.8 Å². The molecule has 0 spiro atoms. The van der Waals surface area contributed by atoms with Crippen molar-refractivity contribution in [3.8, 4) is 34.1 Å². The Morgan fingerprint density at radius 2 is 1.67 bits per heavy atom. The van der Waals surface area contributed by atoms with Gasteiger partial charge in [-0.25, -0.2) is 9.78 Å². The first-order valence-corrected chi connectivity index (χ1v) is 13.4. The van der Waals surface area contributed by atoms with Crippen molar-refractivity contribution in [3.63, 3.8) is 0 Å². The molecule has 9 heteroatoms. The number of hydrogen-bond donors (Lipinski definition) is 0. The van der Waals surface area contributed by atoms with Crippen LogP contribution in [-0.4, -0.2) is 46.5 Å². The van der Waals surface area contributed by atoms with Gasteiger partial charge in [-0.05, 0) is 73.2 Å². The van der Waals surface area contributed by atoms with Crippen molar-refractivity contribution in [1.82, 2.24) is 19.7 Å². The average Bonchev–Trinajstić information content (AvgIpc) is 3.35. The molecule has 0 amide bonds. The lowest BCUT2D eigenvalue weighted by atomic mass is 10.0. The molecule has 39 heavy (non-hydrogen) atoms. The average molecular weight is 541 g/mol. The van der Waals surface area contributed by atoms with Crippen LogP contribution in [0.1, 0.15) is 22.8 Å². The molecule has 0 radical (unpaired) electrons. The highest BCUT2D eigenvalue weighted by Gasteiger charge is 2.18. The maximum Gasteiger partial charge on any atom is 0.337 e. The molecule has 2 aromatic heterocycles. The van der Waals surface area contributed by atoms with Gasteiger partial charge >= 0.3 is 5.97 Å². The summed E-state index contributed by atoms with van der Waals surface area (Å²) in [5.41, 5.74) is 5.14. The lowest BCUT2D eigenvalue weighted by Gasteiger charge is -2.12. The molecule has 198 valence electrons. The minimum atomic E-state index is -0.349. The van der Waals surface area contributed by atoms with Gasteiger partial charge in [-0.15, -0.1) is 10.2 Å². The summed E-state index contributed by atoms with van der Waals surface area (Å²) < 4.78 is 17.9. The third-order valence-corrected chi connectivity index (χ3v) is 7.39. The van der Waals surface area contributed by atoms with Crippen molar-refractivity contribution in [2.75, 3.05) is 20.8 Å². The van der Waals surface area contributed by atoms with E-state index in [1.54, 1.807) is 31.0 Å². The number of ether oxygens (including phenoxy) is 3. The summed E-state index contributed by atoms with van der Waals surface area (Å²) in [5, 5.41) is 10.8. The zero-order valence-electron chi connectivity index (χ0n) is 22.2. The molecule has 2 heterocycles. The molecule has 0 aliphatic rings. The van der Waals surface area contributed by atoms with E-state index < -0.39 is 0 Å². The van der Waals surface area contributed by atoms with Crippen LogP contribution in [0.2, 0.25) is 0 Å². The van der Waals surface area contributed by atoms with E-state index in [0.717, 1.165) is 55.8 Å². The zero-order chi connectivity index (χ0) is 27.4. The second kappa shape index (κ2) is 11.6. The van der Waals surface area contributed by atoms with Crippen LogP contribution in [0.15, 0.2) is 78.0 Å². The van der Waals surface area contributed by atoms with Crippen molar-refractivity contribution in [2.24, 2.45) is 7.05 Å². The Balaban J connectivity index is 1.50. The molecule has 0 atom stereocenters. The fourth-order valence-electron chi connectivity index (χ4n) is 4.23. The normalized spacial score (nSPS) is 11.0. The molecule has 0 saturated carbocycles. The Hall–Kier alpha value is -4.37. The highest BCUT2D eigenvalue weighted by atomic mass is 32.2. The Kier molecular flexibility index (Phi) is 7.79. The first-order valence-electron chi connectivity index (χ1n) is 12.4. The molecule has 8 nitrogen and oxygen atoms in total. The van der Waals surface area contributed by atoms with E-state index in [-0.39, 0.29) is 5.97 Å². The number of carbonyl (C=O) groups excluding carboxylic acids is 1. The number of aromatic nitrogens is 4. The Morgan fingerprint density at radius 1 is 0.923 bits per heavy atom. The van der Waals surface area contributed by atoms with Crippen molar-refractivity contribution < 1.29 is 19.0 Å². The van der Waals surface area contributed by atoms with E-state index in [1.165, 1.54) is 7.11 Å². The van der Waals surface area contributed by atoms with Crippen LogP contribution < -0.4 is 9.47 Å². The predicted octanol–water partition coefficient (Wildman–Crippen LogP) is 6.18. The first kappa shape index (κ1) is 26.2. The van der Waals surface area contributed by atoms with Gasteiger partial charge in [0.1, 0.15) is 11.5 Å². The molecule has 0 unspecified atom stereocenters. The summed E-state index contributed by atoms with van der Waals surface area (Å²) in [4.78, 5) is 16.6. The maximum absolute atomic E-state index is 11.7. The molecule has 5 rings (SSSR count). The largest absolute Gasteiger partial charge is 0.497 e. The van der Waals surface area contributed by atoms with Gasteiger partial charge < -0.3 is 18.8 Å². The molecular weight excluding hydrogens is 512 g/mol. The number of methoxy groups -OCH3 is 2. The van der Waals surface area contributed by atoms with E-state index in [4.69, 9.17) is 19.2 Å². The molecule has 5 aromatic rings. The van der Waals surface area contributed by atoms with Crippen molar-refractivity contribution in [2.45, 2.75) is 17.8 Å². The summed E-state index contributed by atoms with van der Waals surface area (Å²) in [6, 6.07) is 23.2. The molecule has 0 aliphatic carbocycles. The number of thioether (sulfide) groups is 1. The van der Waals surface area contributed by atoms with Crippen LogP contribution in [0, 0.1) is 0 Å². The first-order chi connectivity index (χ1) is 19.0. The number of pyridine rings is 1. The summed E-state index contributed by atoms with van der Waals surface area (Å²) in [6.45, 7) is 2.54. The van der Waals surface area contributed by atoms with Crippen LogP contribution in [0.5, 0.6) is 11.5 Å². The number of nitrogens with zero attached hydrogens (tertiary/aromatic N) is 4. The molecule has 3 aromatic carbocycles. The number of fused-ring (bicyclic) bond motifs is 1. The zero-order valence-corrected chi connectivity index (χ0v) is 23.0. The van der Waals surface area contributed by atoms with E-state index in [9.17, 15) is 4.79 Å². The summed E-state index contributed by atoms with van der Waals surface area (Å²) in [5.74, 6) is 2.62. The highest BCUT2D eigenvalue weighted by Crippen LogP contribution is 2.35. The second-order valence-electron chi connectivity index (χ2n) is 8.74. The monoisotopic (exact) mass is 540 g/mol. The van der Waals surface area contributed by atoms with Gasteiger partial charge in [0.2, 0.25) is 0 Å². The smallest absolute Gasteiger partial charge is 0.337 e. The second-order valence-corrected chi connectivity index (χ2v) is 9.68. The fourth-order valence-corrected chi connectivity index (χ4v) is 5.10. The maximum atomic E-state index is 11.7. The third kappa shape index (κ3) is 5.58. The van der Waals surface area contributed by atoms with Gasteiger partial charge in [-0.2, -0.15) is 0 Å². The summed E-state index contributed by atoms with van der Waals surface area (Å²) in [7, 11) is 4.99. The molecular formula is C30H28N4O4S. The van der Waals surface area contributed by atoms with Crippen molar-refractivity contribution >= 4 is 28.6 Å². The Labute approximate surface area is 231 Å². The van der Waals surface area contributed by atoms with Crippen LogP contribution in [-0.2, 0) is 17.5 Å². The molecule has 0 N–H and O–H groups in total. The van der Waals surface area contributed by atoms with Crippen LogP contribution in [0.3, 0.4) is 0 Å². The van der Waals surface area contributed by atoms with Crippen molar-refractivity contribution in [3.05, 3.63) is 83.9 Å². The number of hydrogen-bond acceptors (Lipinski definition) is 8. The molecule has 0 bridgehead atoms. The SMILES string of the molecule is CCOc1ccc2nc(-c3ccc(OC)cc3)cc(-c3nnc(SCc4ccc(C(=O)OC)cc4)n3C)c2c1. The summed E-state index contributed by atoms with van der Waals surface area (Å²) >= 11 is 1.58. The quantitative estimate of drug-likeness (QED) is 0.162. The Morgan fingerprint density at radius 3 is 2.36 bits per heavy atom. The third-order valence-electron chi connectivity index (χ3n) is 6.30. The number of esters is 1. The fraction of sp³-hybridized carbons (Fsp3) is 0.200. The molecule has 0 fully saturated rings. The van der Waals surface area contributed by atoms with E-state index in [1.807, 2.05) is 79.2 Å². The van der Waals surface area contributed by atoms with Gasteiger partial charge in [0.25, 0.3) is 0 Å². The van der Waals surface area contributed by atoms with Crippen LogP contribution in [0.4, 0.5) is 0 Å². The summed E-state index contributed by atoms with van der Waals surface area (Å²) in [6.07, 6.45) is 0. The lowest BCUT2D eigenvalue weighted by molar-refractivity contribution is 0.0600. The Bertz CT molecular complexity index is 1620. The van der Waals surface area contributed by atoms with Gasteiger partial charge in [-0.1, -0.05) is 23.9 Å². The standard InChI is InChI=1S/C30H28N4O4S/c1-5-38-23-14-15-26-24(16-23)25(17-27(31-26)20-10-12-22(36-3)13-11-20)28-32-33-30(34(28)2)39-18-19-6-8-21(9-7-19)29(35)37-4/h6-17H,5,18H2,1-4H3. The predicted molar refractivity (Wildman–Crippen MR) is 152 cm³/mol. The topological polar surface area (TPSA) is 88.4 Å². The van der Waals surface area contributed by atoms with Gasteiger partial charge in [0.15, 0.2) is 11.0 Å². The highest BCUT2D eigenvalue weighted by molar-refractivity contribution is 7.98. The van der Waals surface area contributed by atoms with Crippen molar-refractivity contribution in [1.29, 1.82) is 0 Å². The van der Waals surface area contributed by atoms with Crippen LogP contribution in [0.25, 0.3) is 33.5 Å². The minimum absolute atomic E-state index is 0.349. The molecule has 0 aliphatic heterocycles. The lowest BCUT2D eigenvalue weighted by Crippen LogP contribution is -2.00. The number of rotatable bonds is 9. The number of benzene rings is 3. The van der Waals surface area contributed by atoms with Gasteiger partial charge in [-0.3, -0.25) is 0 Å². The number of carbonyl (C=O) groups is 1. The van der Waals surface area contributed by atoms with E-state index in [0.29, 0.717) is 17.9 Å². The van der Waals surface area contributed by atoms with E-state index >= 15 is 0 Å². The van der Waals surface area contributed by atoms with E-state index in [2.05, 4.69) is 10.2 Å².